The van der Waals surface area contributed by atoms with Crippen molar-refractivity contribution in [3.63, 3.8) is 0 Å². The SMILES string of the molecule is CCCC(C(=O)O)C(C)(O)C(C)OC. The van der Waals surface area contributed by atoms with Gasteiger partial charge in [0.2, 0.25) is 0 Å². The maximum atomic E-state index is 10.9. The fourth-order valence-electron chi connectivity index (χ4n) is 1.48. The lowest BCUT2D eigenvalue weighted by Gasteiger charge is -2.34. The molecular formula is C10H20O4. The van der Waals surface area contributed by atoms with Gasteiger partial charge in [-0.1, -0.05) is 13.3 Å². The van der Waals surface area contributed by atoms with Gasteiger partial charge in [-0.2, -0.15) is 0 Å². The molecule has 0 radical (unpaired) electrons. The van der Waals surface area contributed by atoms with Gasteiger partial charge in [0.1, 0.15) is 5.60 Å². The zero-order valence-electron chi connectivity index (χ0n) is 9.28. The maximum Gasteiger partial charge on any atom is 0.309 e. The summed E-state index contributed by atoms with van der Waals surface area (Å²) in [6, 6.07) is 0. The van der Waals surface area contributed by atoms with E-state index >= 15 is 0 Å². The normalized spacial score (nSPS) is 19.8. The molecule has 84 valence electrons. The molecule has 3 atom stereocenters. The molecule has 0 aliphatic carbocycles. The summed E-state index contributed by atoms with van der Waals surface area (Å²) >= 11 is 0. The summed E-state index contributed by atoms with van der Waals surface area (Å²) in [6.45, 7) is 5.07. The molecule has 4 heteroatoms. The third kappa shape index (κ3) is 2.96. The number of carboxylic acid groups (broad SMARTS) is 1. The van der Waals surface area contributed by atoms with E-state index in [0.717, 1.165) is 6.42 Å². The highest BCUT2D eigenvalue weighted by molar-refractivity contribution is 5.71. The molecule has 0 aromatic carbocycles. The van der Waals surface area contributed by atoms with E-state index in [-0.39, 0.29) is 0 Å². The van der Waals surface area contributed by atoms with Crippen LogP contribution in [0, 0.1) is 5.92 Å². The van der Waals surface area contributed by atoms with Crippen LogP contribution in [0.3, 0.4) is 0 Å². The zero-order valence-corrected chi connectivity index (χ0v) is 9.28. The number of methoxy groups -OCH3 is 1. The molecule has 0 aromatic rings. The lowest BCUT2D eigenvalue weighted by Crippen LogP contribution is -2.48. The molecule has 0 rings (SSSR count). The first-order valence-corrected chi connectivity index (χ1v) is 4.85. The molecule has 2 N–H and O–H groups in total. The molecule has 4 nitrogen and oxygen atoms in total. The Morgan fingerprint density at radius 1 is 1.57 bits per heavy atom. The van der Waals surface area contributed by atoms with Crippen LogP contribution < -0.4 is 0 Å². The molecule has 0 amide bonds. The van der Waals surface area contributed by atoms with Crippen molar-refractivity contribution >= 4 is 5.97 Å². The number of aliphatic carboxylic acids is 1. The number of hydrogen-bond donors (Lipinski definition) is 2. The Hall–Kier alpha value is -0.610. The van der Waals surface area contributed by atoms with Crippen molar-refractivity contribution in [1.29, 1.82) is 0 Å². The van der Waals surface area contributed by atoms with Crippen molar-refractivity contribution in [3.05, 3.63) is 0 Å². The van der Waals surface area contributed by atoms with E-state index in [1.165, 1.54) is 14.0 Å². The van der Waals surface area contributed by atoms with E-state index in [1.807, 2.05) is 6.92 Å². The van der Waals surface area contributed by atoms with Crippen LogP contribution in [-0.4, -0.2) is 35.0 Å². The summed E-state index contributed by atoms with van der Waals surface area (Å²) in [5, 5.41) is 19.0. The van der Waals surface area contributed by atoms with Crippen molar-refractivity contribution < 1.29 is 19.7 Å². The Morgan fingerprint density at radius 2 is 2.07 bits per heavy atom. The van der Waals surface area contributed by atoms with Crippen LogP contribution in [0.1, 0.15) is 33.6 Å². The van der Waals surface area contributed by atoms with Gasteiger partial charge in [0.05, 0.1) is 12.0 Å². The molecule has 0 saturated carbocycles. The molecular weight excluding hydrogens is 184 g/mol. The maximum absolute atomic E-state index is 10.9. The van der Waals surface area contributed by atoms with Gasteiger partial charge in [0.25, 0.3) is 0 Å². The van der Waals surface area contributed by atoms with E-state index in [0.29, 0.717) is 6.42 Å². The monoisotopic (exact) mass is 204 g/mol. The van der Waals surface area contributed by atoms with E-state index < -0.39 is 23.6 Å². The highest BCUT2D eigenvalue weighted by Gasteiger charge is 2.41. The first kappa shape index (κ1) is 13.4. The summed E-state index contributed by atoms with van der Waals surface area (Å²) in [6.07, 6.45) is 0.690. The van der Waals surface area contributed by atoms with Gasteiger partial charge in [0.15, 0.2) is 0 Å². The van der Waals surface area contributed by atoms with E-state index in [1.54, 1.807) is 6.92 Å². The molecule has 0 fully saturated rings. The quantitative estimate of drug-likeness (QED) is 0.683. The topological polar surface area (TPSA) is 66.8 Å². The van der Waals surface area contributed by atoms with Crippen LogP contribution in [0.15, 0.2) is 0 Å². The van der Waals surface area contributed by atoms with Gasteiger partial charge in [-0.25, -0.2) is 0 Å². The number of carboxylic acids is 1. The zero-order chi connectivity index (χ0) is 11.4. The van der Waals surface area contributed by atoms with E-state index in [2.05, 4.69) is 0 Å². The van der Waals surface area contributed by atoms with Crippen LogP contribution in [0.5, 0.6) is 0 Å². The number of carbonyl (C=O) groups is 1. The predicted molar refractivity (Wildman–Crippen MR) is 53.1 cm³/mol. The lowest BCUT2D eigenvalue weighted by atomic mass is 9.82. The summed E-state index contributed by atoms with van der Waals surface area (Å²) in [7, 11) is 1.46. The summed E-state index contributed by atoms with van der Waals surface area (Å²) in [5.41, 5.74) is -1.32. The smallest absolute Gasteiger partial charge is 0.309 e. The fourth-order valence-corrected chi connectivity index (χ4v) is 1.48. The molecule has 0 aliphatic heterocycles. The number of ether oxygens (including phenoxy) is 1. The Kier molecular flexibility index (Phi) is 5.08. The molecule has 3 unspecified atom stereocenters. The second-order valence-electron chi connectivity index (χ2n) is 3.78. The Bertz CT molecular complexity index is 189. The molecule has 0 aromatic heterocycles. The van der Waals surface area contributed by atoms with Gasteiger partial charge in [-0.05, 0) is 20.3 Å². The summed E-state index contributed by atoms with van der Waals surface area (Å²) < 4.78 is 4.98. The average Bonchev–Trinajstić information content (AvgIpc) is 2.11. The minimum atomic E-state index is -1.32. The Morgan fingerprint density at radius 3 is 2.36 bits per heavy atom. The first-order valence-electron chi connectivity index (χ1n) is 4.85. The minimum Gasteiger partial charge on any atom is -0.481 e. The third-order valence-corrected chi connectivity index (χ3v) is 2.76. The Labute approximate surface area is 84.9 Å². The highest BCUT2D eigenvalue weighted by atomic mass is 16.5. The van der Waals surface area contributed by atoms with Crippen LogP contribution in [-0.2, 0) is 9.53 Å². The molecule has 0 saturated heterocycles. The second-order valence-corrected chi connectivity index (χ2v) is 3.78. The standard InChI is InChI=1S/C10H20O4/c1-5-6-8(9(11)12)10(3,13)7(2)14-4/h7-8,13H,5-6H2,1-4H3,(H,11,12). The minimum absolute atomic E-state index is 0.454. The molecule has 14 heavy (non-hydrogen) atoms. The summed E-state index contributed by atoms with van der Waals surface area (Å²) in [4.78, 5) is 10.9. The van der Waals surface area contributed by atoms with Crippen LogP contribution in [0.25, 0.3) is 0 Å². The first-order chi connectivity index (χ1) is 6.37. The van der Waals surface area contributed by atoms with E-state index in [4.69, 9.17) is 9.84 Å². The van der Waals surface area contributed by atoms with Gasteiger partial charge in [0, 0.05) is 7.11 Å². The van der Waals surface area contributed by atoms with Crippen molar-refractivity contribution in [1.82, 2.24) is 0 Å². The highest BCUT2D eigenvalue weighted by Crippen LogP contribution is 2.27. The average molecular weight is 204 g/mol. The van der Waals surface area contributed by atoms with Crippen molar-refractivity contribution in [3.8, 4) is 0 Å². The predicted octanol–water partition coefficient (Wildman–Crippen LogP) is 1.27. The number of rotatable bonds is 6. The fraction of sp³-hybridized carbons (Fsp3) is 0.900. The van der Waals surface area contributed by atoms with Crippen LogP contribution >= 0.6 is 0 Å². The largest absolute Gasteiger partial charge is 0.481 e. The molecule has 0 aliphatic rings. The van der Waals surface area contributed by atoms with Gasteiger partial charge in [-0.3, -0.25) is 4.79 Å². The van der Waals surface area contributed by atoms with Crippen molar-refractivity contribution in [2.45, 2.75) is 45.3 Å². The number of hydrogen-bond acceptors (Lipinski definition) is 3. The van der Waals surface area contributed by atoms with Gasteiger partial charge in [-0.15, -0.1) is 0 Å². The van der Waals surface area contributed by atoms with Crippen molar-refractivity contribution in [2.24, 2.45) is 5.92 Å². The van der Waals surface area contributed by atoms with Gasteiger partial charge < -0.3 is 14.9 Å². The molecule has 0 bridgehead atoms. The van der Waals surface area contributed by atoms with Crippen LogP contribution in [0.4, 0.5) is 0 Å². The van der Waals surface area contributed by atoms with E-state index in [9.17, 15) is 9.90 Å². The summed E-state index contributed by atoms with van der Waals surface area (Å²) in [5.74, 6) is -1.75. The second kappa shape index (κ2) is 5.32. The third-order valence-electron chi connectivity index (χ3n) is 2.76. The Balaban J connectivity index is 4.69. The van der Waals surface area contributed by atoms with Gasteiger partial charge >= 0.3 is 5.97 Å². The lowest BCUT2D eigenvalue weighted by molar-refractivity contribution is -0.163. The molecule has 0 heterocycles. The molecule has 0 spiro atoms. The number of aliphatic hydroxyl groups is 1. The van der Waals surface area contributed by atoms with Crippen LogP contribution in [0.2, 0.25) is 0 Å². The van der Waals surface area contributed by atoms with Crippen molar-refractivity contribution in [2.75, 3.05) is 7.11 Å².